The van der Waals surface area contributed by atoms with Gasteiger partial charge in [-0.15, -0.1) is 0 Å². The molecule has 0 spiro atoms. The number of aliphatic carboxylic acids is 1. The summed E-state index contributed by atoms with van der Waals surface area (Å²) in [7, 11) is 0. The molecule has 2 heterocycles. The molecule has 1 amide bonds. The summed E-state index contributed by atoms with van der Waals surface area (Å²) in [6.45, 7) is 5.02. The van der Waals surface area contributed by atoms with Crippen LogP contribution in [0.1, 0.15) is 43.6 Å². The Hall–Kier alpha value is -1.78. The standard InChI is InChI=1S/C14H20N2O3/c1-3-14(13(18)19)8-6-10-16(14)12(17)11-7-5-9-15(11)4-2/h5,7,9H,3-4,6,8,10H2,1-2H3,(H,18,19). The Bertz CT molecular complexity index is 495. The number of amides is 1. The summed E-state index contributed by atoms with van der Waals surface area (Å²) in [4.78, 5) is 25.7. The average molecular weight is 264 g/mol. The van der Waals surface area contributed by atoms with Gasteiger partial charge in [-0.1, -0.05) is 6.92 Å². The lowest BCUT2D eigenvalue weighted by Crippen LogP contribution is -2.53. The molecule has 19 heavy (non-hydrogen) atoms. The van der Waals surface area contributed by atoms with Gasteiger partial charge in [-0.25, -0.2) is 4.79 Å². The molecule has 0 aliphatic carbocycles. The fourth-order valence-electron chi connectivity index (χ4n) is 2.94. The first-order valence-electron chi connectivity index (χ1n) is 6.77. The average Bonchev–Trinajstić information content (AvgIpc) is 3.04. The van der Waals surface area contributed by atoms with Crippen LogP contribution in [0.25, 0.3) is 0 Å². The van der Waals surface area contributed by atoms with E-state index in [9.17, 15) is 14.7 Å². The van der Waals surface area contributed by atoms with E-state index in [-0.39, 0.29) is 5.91 Å². The number of carboxylic acids is 1. The van der Waals surface area contributed by atoms with Crippen LogP contribution in [-0.2, 0) is 11.3 Å². The van der Waals surface area contributed by atoms with Gasteiger partial charge in [0.05, 0.1) is 0 Å². The van der Waals surface area contributed by atoms with E-state index in [0.29, 0.717) is 31.6 Å². The number of likely N-dealkylation sites (tertiary alicyclic amines) is 1. The molecule has 1 aliphatic rings. The SMILES string of the molecule is CCn1cccc1C(=O)N1CCCC1(CC)C(=O)O. The molecule has 1 aliphatic heterocycles. The zero-order chi connectivity index (χ0) is 14.0. The lowest BCUT2D eigenvalue weighted by Gasteiger charge is -2.34. The molecule has 5 nitrogen and oxygen atoms in total. The molecular weight excluding hydrogens is 244 g/mol. The predicted molar refractivity (Wildman–Crippen MR) is 71.0 cm³/mol. The second kappa shape index (κ2) is 5.07. The van der Waals surface area contributed by atoms with Gasteiger partial charge in [0.1, 0.15) is 11.2 Å². The van der Waals surface area contributed by atoms with Gasteiger partial charge in [0.2, 0.25) is 0 Å². The van der Waals surface area contributed by atoms with Crippen molar-refractivity contribution in [3.63, 3.8) is 0 Å². The van der Waals surface area contributed by atoms with Gasteiger partial charge in [0.15, 0.2) is 0 Å². The fraction of sp³-hybridized carbons (Fsp3) is 0.571. The molecule has 1 atom stereocenters. The van der Waals surface area contributed by atoms with E-state index in [4.69, 9.17) is 0 Å². The zero-order valence-electron chi connectivity index (χ0n) is 11.4. The number of carboxylic acid groups (broad SMARTS) is 1. The highest BCUT2D eigenvalue weighted by Gasteiger charge is 2.49. The number of rotatable bonds is 4. The van der Waals surface area contributed by atoms with Crippen LogP contribution in [0.15, 0.2) is 18.3 Å². The number of nitrogens with zero attached hydrogens (tertiary/aromatic N) is 2. The summed E-state index contributed by atoms with van der Waals surface area (Å²) < 4.78 is 1.85. The normalized spacial score (nSPS) is 22.7. The molecule has 1 saturated heterocycles. The smallest absolute Gasteiger partial charge is 0.329 e. The Labute approximate surface area is 112 Å². The third-order valence-electron chi connectivity index (χ3n) is 4.11. The quantitative estimate of drug-likeness (QED) is 0.904. The van der Waals surface area contributed by atoms with E-state index >= 15 is 0 Å². The summed E-state index contributed by atoms with van der Waals surface area (Å²) in [5.41, 5.74) is -0.455. The Kier molecular flexibility index (Phi) is 3.64. The van der Waals surface area contributed by atoms with E-state index in [1.807, 2.05) is 30.7 Å². The maximum Gasteiger partial charge on any atom is 0.329 e. The predicted octanol–water partition coefficient (Wildman–Crippen LogP) is 1.98. The lowest BCUT2D eigenvalue weighted by atomic mass is 9.93. The Balaban J connectivity index is 2.35. The van der Waals surface area contributed by atoms with Crippen molar-refractivity contribution >= 4 is 11.9 Å². The van der Waals surface area contributed by atoms with Gasteiger partial charge >= 0.3 is 5.97 Å². The Morgan fingerprint density at radius 3 is 2.74 bits per heavy atom. The first kappa shape index (κ1) is 13.6. The molecular formula is C14H20N2O3. The van der Waals surface area contributed by atoms with Crippen LogP contribution in [0.5, 0.6) is 0 Å². The molecule has 1 aromatic rings. The van der Waals surface area contributed by atoms with E-state index < -0.39 is 11.5 Å². The highest BCUT2D eigenvalue weighted by Crippen LogP contribution is 2.34. The van der Waals surface area contributed by atoms with Crippen LogP contribution in [0.3, 0.4) is 0 Å². The highest BCUT2D eigenvalue weighted by molar-refractivity contribution is 5.97. The molecule has 1 N–H and O–H groups in total. The second-order valence-electron chi connectivity index (χ2n) is 4.93. The Morgan fingerprint density at radius 2 is 2.16 bits per heavy atom. The van der Waals surface area contributed by atoms with E-state index in [0.717, 1.165) is 6.42 Å². The molecule has 0 saturated carbocycles. The molecule has 1 fully saturated rings. The summed E-state index contributed by atoms with van der Waals surface area (Å²) in [6, 6.07) is 3.58. The van der Waals surface area contributed by atoms with Gasteiger partial charge in [-0.05, 0) is 38.3 Å². The van der Waals surface area contributed by atoms with Crippen molar-refractivity contribution in [2.75, 3.05) is 6.54 Å². The fourth-order valence-corrected chi connectivity index (χ4v) is 2.94. The van der Waals surface area contributed by atoms with Crippen molar-refractivity contribution in [2.24, 2.45) is 0 Å². The Morgan fingerprint density at radius 1 is 1.42 bits per heavy atom. The third-order valence-corrected chi connectivity index (χ3v) is 4.11. The number of aryl methyl sites for hydroxylation is 1. The van der Waals surface area contributed by atoms with Crippen LogP contribution in [0.2, 0.25) is 0 Å². The summed E-state index contributed by atoms with van der Waals surface area (Å²) in [6.07, 6.45) is 3.58. The maximum atomic E-state index is 12.6. The summed E-state index contributed by atoms with van der Waals surface area (Å²) in [5, 5.41) is 9.51. The monoisotopic (exact) mass is 264 g/mol. The van der Waals surface area contributed by atoms with E-state index in [2.05, 4.69) is 0 Å². The maximum absolute atomic E-state index is 12.6. The molecule has 2 rings (SSSR count). The molecule has 104 valence electrons. The zero-order valence-corrected chi connectivity index (χ0v) is 11.4. The van der Waals surface area contributed by atoms with E-state index in [1.54, 1.807) is 6.07 Å². The van der Waals surface area contributed by atoms with Gasteiger partial charge in [-0.3, -0.25) is 4.79 Å². The van der Waals surface area contributed by atoms with Gasteiger partial charge < -0.3 is 14.6 Å². The van der Waals surface area contributed by atoms with Crippen LogP contribution in [0, 0.1) is 0 Å². The van der Waals surface area contributed by atoms with Crippen LogP contribution in [0.4, 0.5) is 0 Å². The molecule has 0 aromatic carbocycles. The first-order chi connectivity index (χ1) is 9.06. The lowest BCUT2D eigenvalue weighted by molar-refractivity contribution is -0.148. The van der Waals surface area contributed by atoms with Gasteiger partial charge in [0, 0.05) is 19.3 Å². The van der Waals surface area contributed by atoms with E-state index in [1.165, 1.54) is 4.90 Å². The highest BCUT2D eigenvalue weighted by atomic mass is 16.4. The summed E-state index contributed by atoms with van der Waals surface area (Å²) >= 11 is 0. The summed E-state index contributed by atoms with van der Waals surface area (Å²) in [5.74, 6) is -1.07. The van der Waals surface area contributed by atoms with Crippen molar-refractivity contribution in [1.82, 2.24) is 9.47 Å². The van der Waals surface area contributed by atoms with Gasteiger partial charge in [-0.2, -0.15) is 0 Å². The molecule has 0 bridgehead atoms. The van der Waals surface area contributed by atoms with Crippen LogP contribution >= 0.6 is 0 Å². The van der Waals surface area contributed by atoms with Crippen LogP contribution in [-0.4, -0.2) is 38.5 Å². The topological polar surface area (TPSA) is 62.5 Å². The molecule has 1 aromatic heterocycles. The van der Waals surface area contributed by atoms with Crippen LogP contribution < -0.4 is 0 Å². The second-order valence-corrected chi connectivity index (χ2v) is 4.93. The van der Waals surface area contributed by atoms with Crippen molar-refractivity contribution in [2.45, 2.75) is 45.2 Å². The van der Waals surface area contributed by atoms with Crippen molar-refractivity contribution < 1.29 is 14.7 Å². The van der Waals surface area contributed by atoms with Crippen molar-refractivity contribution in [3.8, 4) is 0 Å². The number of hydrogen-bond acceptors (Lipinski definition) is 2. The molecule has 1 unspecified atom stereocenters. The number of aromatic nitrogens is 1. The minimum absolute atomic E-state index is 0.173. The third kappa shape index (κ3) is 2.03. The van der Waals surface area contributed by atoms with Crippen molar-refractivity contribution in [3.05, 3.63) is 24.0 Å². The number of carbonyl (C=O) groups excluding carboxylic acids is 1. The molecule has 5 heteroatoms. The first-order valence-corrected chi connectivity index (χ1v) is 6.77. The minimum atomic E-state index is -1.03. The number of carbonyl (C=O) groups is 2. The van der Waals surface area contributed by atoms with Gasteiger partial charge in [0.25, 0.3) is 5.91 Å². The largest absolute Gasteiger partial charge is 0.479 e. The van der Waals surface area contributed by atoms with Crippen molar-refractivity contribution in [1.29, 1.82) is 0 Å². The minimum Gasteiger partial charge on any atom is -0.479 e. The number of hydrogen-bond donors (Lipinski definition) is 1. The molecule has 0 radical (unpaired) electrons.